The van der Waals surface area contributed by atoms with E-state index in [1.54, 1.807) is 35.7 Å². The number of fused-ring (bicyclic) bond motifs is 2. The molecule has 29 heavy (non-hydrogen) atoms. The van der Waals surface area contributed by atoms with Crippen molar-refractivity contribution in [2.24, 2.45) is 0 Å². The van der Waals surface area contributed by atoms with Gasteiger partial charge in [-0.05, 0) is 35.7 Å². The van der Waals surface area contributed by atoms with Crippen LogP contribution < -0.4 is 0 Å². The zero-order valence-corrected chi connectivity index (χ0v) is 17.9. The van der Waals surface area contributed by atoms with E-state index in [0.29, 0.717) is 31.0 Å². The summed E-state index contributed by atoms with van der Waals surface area (Å²) in [5.74, 6) is 0.661. The molecule has 0 aliphatic heterocycles. The monoisotopic (exact) mass is 430 g/mol. The molecule has 0 aliphatic rings. The van der Waals surface area contributed by atoms with Crippen molar-refractivity contribution in [2.75, 3.05) is 19.7 Å². The third-order valence-electron chi connectivity index (χ3n) is 4.95. The number of sulfonamides is 1. The molecule has 0 radical (unpaired) electrons. The Bertz CT molecular complexity index is 1270. The van der Waals surface area contributed by atoms with Crippen molar-refractivity contribution in [1.29, 1.82) is 0 Å². The summed E-state index contributed by atoms with van der Waals surface area (Å²) in [7, 11) is -3.57. The van der Waals surface area contributed by atoms with E-state index < -0.39 is 10.0 Å². The van der Waals surface area contributed by atoms with E-state index in [0.717, 1.165) is 21.3 Å². The van der Waals surface area contributed by atoms with Crippen molar-refractivity contribution >= 4 is 42.6 Å². The van der Waals surface area contributed by atoms with E-state index in [1.807, 2.05) is 35.9 Å². The normalized spacial score (nSPS) is 12.4. The maximum atomic E-state index is 12.9. The second-order valence-electron chi connectivity index (χ2n) is 6.58. The lowest BCUT2D eigenvalue weighted by Gasteiger charge is -2.18. The Morgan fingerprint density at radius 2 is 1.93 bits per heavy atom. The highest BCUT2D eigenvalue weighted by molar-refractivity contribution is 7.89. The van der Waals surface area contributed by atoms with Crippen LogP contribution in [0, 0.1) is 0 Å². The summed E-state index contributed by atoms with van der Waals surface area (Å²) in [6.07, 6.45) is 1.76. The number of aliphatic hydroxyl groups is 1. The minimum absolute atomic E-state index is 0.0490. The van der Waals surface area contributed by atoms with Gasteiger partial charge in [-0.3, -0.25) is 4.98 Å². The second kappa shape index (κ2) is 7.83. The third-order valence-corrected chi connectivity index (χ3v) is 7.85. The molecule has 3 heterocycles. The third kappa shape index (κ3) is 3.44. The van der Waals surface area contributed by atoms with Gasteiger partial charge in [0.15, 0.2) is 0 Å². The first-order valence-corrected chi connectivity index (χ1v) is 11.8. The highest BCUT2D eigenvalue weighted by atomic mass is 32.2. The maximum Gasteiger partial charge on any atom is 0.243 e. The number of aromatic nitrogens is 3. The van der Waals surface area contributed by atoms with Crippen LogP contribution in [0.4, 0.5) is 0 Å². The van der Waals surface area contributed by atoms with Crippen LogP contribution in [0.3, 0.4) is 0 Å². The van der Waals surface area contributed by atoms with E-state index in [9.17, 15) is 13.5 Å². The second-order valence-corrected chi connectivity index (χ2v) is 9.46. The van der Waals surface area contributed by atoms with Gasteiger partial charge in [0.25, 0.3) is 0 Å². The van der Waals surface area contributed by atoms with Crippen LogP contribution in [-0.2, 0) is 16.6 Å². The van der Waals surface area contributed by atoms with Gasteiger partial charge in [0.2, 0.25) is 10.0 Å². The summed E-state index contributed by atoms with van der Waals surface area (Å²) in [5, 5.41) is 11.6. The molecule has 1 aromatic carbocycles. The Morgan fingerprint density at radius 3 is 2.66 bits per heavy atom. The Hall–Kier alpha value is -2.33. The summed E-state index contributed by atoms with van der Waals surface area (Å²) in [4.78, 5) is 9.42. The Labute approximate surface area is 173 Å². The van der Waals surface area contributed by atoms with Crippen LogP contribution in [0.25, 0.3) is 32.6 Å². The summed E-state index contributed by atoms with van der Waals surface area (Å²) < 4.78 is 30.1. The molecule has 0 atom stereocenters. The molecule has 0 saturated heterocycles. The van der Waals surface area contributed by atoms with Gasteiger partial charge >= 0.3 is 0 Å². The largest absolute Gasteiger partial charge is 0.395 e. The van der Waals surface area contributed by atoms with E-state index >= 15 is 0 Å². The molecule has 0 saturated carbocycles. The zero-order valence-electron chi connectivity index (χ0n) is 16.2. The highest BCUT2D eigenvalue weighted by Gasteiger charge is 2.23. The lowest BCUT2D eigenvalue weighted by atomic mass is 10.2. The summed E-state index contributed by atoms with van der Waals surface area (Å²) in [6.45, 7) is 4.77. The average molecular weight is 431 g/mol. The van der Waals surface area contributed by atoms with Gasteiger partial charge < -0.3 is 9.67 Å². The number of thiophene rings is 1. The minimum atomic E-state index is -3.57. The lowest BCUT2D eigenvalue weighted by molar-refractivity contribution is 0.278. The SMILES string of the molecule is CCN(CC)S(=O)(=O)c1ccc2c(c1)nc(-c1cnc3ccsc3c1)n2CCO. The van der Waals surface area contributed by atoms with Crippen molar-refractivity contribution in [1.82, 2.24) is 18.8 Å². The molecule has 0 bridgehead atoms. The van der Waals surface area contributed by atoms with Gasteiger partial charge in [-0.25, -0.2) is 13.4 Å². The minimum Gasteiger partial charge on any atom is -0.395 e. The van der Waals surface area contributed by atoms with E-state index in [4.69, 9.17) is 4.98 Å². The van der Waals surface area contributed by atoms with Crippen LogP contribution in [0.5, 0.6) is 0 Å². The fourth-order valence-electron chi connectivity index (χ4n) is 3.50. The Balaban J connectivity index is 1.88. The molecular formula is C20H22N4O3S2. The van der Waals surface area contributed by atoms with E-state index in [1.165, 1.54) is 4.31 Å². The number of nitrogens with zero attached hydrogens (tertiary/aromatic N) is 4. The predicted molar refractivity (Wildman–Crippen MR) is 116 cm³/mol. The van der Waals surface area contributed by atoms with Crippen LogP contribution >= 0.6 is 11.3 Å². The van der Waals surface area contributed by atoms with Gasteiger partial charge in [0.05, 0.1) is 32.8 Å². The van der Waals surface area contributed by atoms with Crippen LogP contribution in [0.1, 0.15) is 13.8 Å². The van der Waals surface area contributed by atoms with E-state index in [2.05, 4.69) is 4.98 Å². The van der Waals surface area contributed by atoms with Crippen LogP contribution in [0.2, 0.25) is 0 Å². The standard InChI is InChI=1S/C20H22N4O3S2/c1-3-23(4-2)29(26,27)15-5-6-18-17(12-15)22-20(24(18)8-9-25)14-11-19-16(21-13-14)7-10-28-19/h5-7,10-13,25H,3-4,8-9H2,1-2H3. The number of hydrogen-bond donors (Lipinski definition) is 1. The average Bonchev–Trinajstić information content (AvgIpc) is 3.32. The first-order valence-electron chi connectivity index (χ1n) is 9.44. The van der Waals surface area contributed by atoms with Gasteiger partial charge in [-0.2, -0.15) is 4.31 Å². The topological polar surface area (TPSA) is 88.3 Å². The molecule has 3 aromatic heterocycles. The number of benzene rings is 1. The van der Waals surface area contributed by atoms with Crippen LogP contribution in [-0.4, -0.2) is 52.1 Å². The van der Waals surface area contributed by atoms with Crippen molar-refractivity contribution in [3.8, 4) is 11.4 Å². The molecule has 0 spiro atoms. The Kier molecular flexibility index (Phi) is 5.39. The van der Waals surface area contributed by atoms with Crippen molar-refractivity contribution in [2.45, 2.75) is 25.3 Å². The number of hydrogen-bond acceptors (Lipinski definition) is 6. The molecule has 152 valence electrons. The van der Waals surface area contributed by atoms with Gasteiger partial charge in [-0.15, -0.1) is 11.3 Å². The zero-order chi connectivity index (χ0) is 20.6. The number of aliphatic hydroxyl groups excluding tert-OH is 1. The van der Waals surface area contributed by atoms with Gasteiger partial charge in [0, 0.05) is 31.4 Å². The number of rotatable bonds is 7. The molecule has 4 rings (SSSR count). The molecular weight excluding hydrogens is 408 g/mol. The summed E-state index contributed by atoms with van der Waals surface area (Å²) in [5.41, 5.74) is 3.11. The van der Waals surface area contributed by atoms with E-state index in [-0.39, 0.29) is 11.5 Å². The van der Waals surface area contributed by atoms with Crippen molar-refractivity contribution < 1.29 is 13.5 Å². The lowest BCUT2D eigenvalue weighted by Crippen LogP contribution is -2.30. The summed E-state index contributed by atoms with van der Waals surface area (Å²) >= 11 is 1.60. The van der Waals surface area contributed by atoms with Crippen molar-refractivity contribution in [3.05, 3.63) is 41.9 Å². The first-order chi connectivity index (χ1) is 14.0. The number of pyridine rings is 1. The highest BCUT2D eigenvalue weighted by Crippen LogP contribution is 2.30. The summed E-state index contributed by atoms with van der Waals surface area (Å²) in [6, 6.07) is 8.96. The molecule has 1 N–H and O–H groups in total. The smallest absolute Gasteiger partial charge is 0.243 e. The number of imidazole rings is 1. The first kappa shape index (κ1) is 20.0. The molecule has 0 amide bonds. The molecule has 0 fully saturated rings. The van der Waals surface area contributed by atoms with Gasteiger partial charge in [-0.1, -0.05) is 13.8 Å². The van der Waals surface area contributed by atoms with Crippen molar-refractivity contribution in [3.63, 3.8) is 0 Å². The molecule has 4 aromatic rings. The quantitative estimate of drug-likeness (QED) is 0.486. The molecule has 9 heteroatoms. The molecule has 7 nitrogen and oxygen atoms in total. The fourth-order valence-corrected chi connectivity index (χ4v) is 5.76. The molecule has 0 aliphatic carbocycles. The van der Waals surface area contributed by atoms with Crippen LogP contribution in [0.15, 0.2) is 46.8 Å². The Morgan fingerprint density at radius 1 is 1.14 bits per heavy atom. The molecule has 0 unspecified atom stereocenters. The van der Waals surface area contributed by atoms with Gasteiger partial charge in [0.1, 0.15) is 5.82 Å². The maximum absolute atomic E-state index is 12.9. The predicted octanol–water partition coefficient (Wildman–Crippen LogP) is 3.34. The fraction of sp³-hybridized carbons (Fsp3) is 0.300.